The molecule has 3 nitrogen and oxygen atoms in total. The van der Waals surface area contributed by atoms with Gasteiger partial charge < -0.3 is 4.40 Å². The average Bonchev–Trinajstić information content (AvgIpc) is 3.85. The van der Waals surface area contributed by atoms with Crippen LogP contribution in [-0.2, 0) is 0 Å². The standard InChI is InChI=1S/C46H27N3S/c1-3-13-28(14-4-1)37-27-38(29-15-5-2-6-16-29)48-46(47-37)36-25-26-40-43(34-21-11-19-32-30-17-7-9-23-39(30)49(40)44(32)34)42(36)35-22-12-20-33-31-18-8-10-24-41(31)50-45(33)35/h1-27H. The molecule has 0 spiro atoms. The largest absolute Gasteiger partial charge is 0.308 e. The topological polar surface area (TPSA) is 30.2 Å². The van der Waals surface area contributed by atoms with Crippen LogP contribution in [0.25, 0.3) is 103 Å². The zero-order valence-corrected chi connectivity index (χ0v) is 27.7. The van der Waals surface area contributed by atoms with Crippen LogP contribution < -0.4 is 0 Å². The fraction of sp³-hybridized carbons (Fsp3) is 0. The minimum Gasteiger partial charge on any atom is -0.308 e. The zero-order valence-electron chi connectivity index (χ0n) is 26.8. The molecule has 0 aliphatic rings. The highest BCUT2D eigenvalue weighted by molar-refractivity contribution is 7.26. The van der Waals surface area contributed by atoms with Crippen LogP contribution in [0, 0.1) is 0 Å². The number of nitrogens with zero attached hydrogens (tertiary/aromatic N) is 3. The van der Waals surface area contributed by atoms with Gasteiger partial charge in [0.2, 0.25) is 0 Å². The minimum atomic E-state index is 0.717. The van der Waals surface area contributed by atoms with Crippen molar-refractivity contribution in [1.82, 2.24) is 14.4 Å². The normalized spacial score (nSPS) is 12.0. The van der Waals surface area contributed by atoms with Crippen LogP contribution in [0.5, 0.6) is 0 Å². The molecule has 232 valence electrons. The molecule has 0 N–H and O–H groups in total. The molecular formula is C46H27N3S. The molecule has 0 atom stereocenters. The van der Waals surface area contributed by atoms with Gasteiger partial charge in [-0.15, -0.1) is 11.3 Å². The van der Waals surface area contributed by atoms with Gasteiger partial charge in [-0.25, -0.2) is 9.97 Å². The molecule has 0 bridgehead atoms. The molecule has 4 heterocycles. The predicted octanol–water partition coefficient (Wildman–Crippen LogP) is 12.7. The smallest absolute Gasteiger partial charge is 0.161 e. The summed E-state index contributed by atoms with van der Waals surface area (Å²) in [4.78, 5) is 10.7. The Kier molecular flexibility index (Phi) is 5.83. The number of aromatic nitrogens is 3. The van der Waals surface area contributed by atoms with Crippen LogP contribution in [0.3, 0.4) is 0 Å². The first-order chi connectivity index (χ1) is 24.8. The first-order valence-electron chi connectivity index (χ1n) is 16.9. The van der Waals surface area contributed by atoms with Gasteiger partial charge in [0.1, 0.15) is 0 Å². The van der Waals surface area contributed by atoms with E-state index in [2.05, 4.69) is 156 Å². The van der Waals surface area contributed by atoms with Crippen LogP contribution in [0.4, 0.5) is 0 Å². The molecule has 0 radical (unpaired) electrons. The second-order valence-corrected chi connectivity index (χ2v) is 14.0. The molecule has 50 heavy (non-hydrogen) atoms. The van der Waals surface area contributed by atoms with E-state index in [1.165, 1.54) is 69.4 Å². The average molecular weight is 654 g/mol. The highest BCUT2D eigenvalue weighted by Crippen LogP contribution is 2.49. The Labute approximate surface area is 291 Å². The van der Waals surface area contributed by atoms with E-state index in [1.807, 2.05) is 23.5 Å². The second-order valence-electron chi connectivity index (χ2n) is 12.9. The van der Waals surface area contributed by atoms with E-state index in [0.717, 1.165) is 33.9 Å². The van der Waals surface area contributed by atoms with E-state index in [1.54, 1.807) is 0 Å². The Morgan fingerprint density at radius 2 is 1.06 bits per heavy atom. The van der Waals surface area contributed by atoms with Crippen molar-refractivity contribution >= 4 is 69.6 Å². The molecule has 0 saturated heterocycles. The van der Waals surface area contributed by atoms with Gasteiger partial charge in [-0.3, -0.25) is 0 Å². The monoisotopic (exact) mass is 653 g/mol. The predicted molar refractivity (Wildman–Crippen MR) is 211 cm³/mol. The van der Waals surface area contributed by atoms with Crippen LogP contribution in [0.15, 0.2) is 164 Å². The molecule has 0 unspecified atom stereocenters. The molecule has 0 aliphatic carbocycles. The minimum absolute atomic E-state index is 0.717. The first kappa shape index (κ1) is 27.6. The third kappa shape index (κ3) is 3.91. The van der Waals surface area contributed by atoms with Crippen LogP contribution in [-0.4, -0.2) is 14.4 Å². The van der Waals surface area contributed by atoms with Crippen molar-refractivity contribution in [2.75, 3.05) is 0 Å². The van der Waals surface area contributed by atoms with Gasteiger partial charge in [-0.05, 0) is 30.3 Å². The van der Waals surface area contributed by atoms with E-state index in [9.17, 15) is 0 Å². The maximum Gasteiger partial charge on any atom is 0.161 e. The van der Waals surface area contributed by atoms with Crippen molar-refractivity contribution in [3.05, 3.63) is 164 Å². The lowest BCUT2D eigenvalue weighted by Crippen LogP contribution is -1.98. The Morgan fingerprint density at radius 3 is 1.84 bits per heavy atom. The summed E-state index contributed by atoms with van der Waals surface area (Å²) in [5, 5.41) is 7.59. The zero-order chi connectivity index (χ0) is 32.8. The first-order valence-corrected chi connectivity index (χ1v) is 17.7. The Bertz CT molecular complexity index is 3030. The maximum absolute atomic E-state index is 5.36. The molecule has 0 aliphatic heterocycles. The molecule has 0 saturated carbocycles. The maximum atomic E-state index is 5.36. The van der Waals surface area contributed by atoms with Gasteiger partial charge >= 0.3 is 0 Å². The quantitative estimate of drug-likeness (QED) is 0.189. The van der Waals surface area contributed by atoms with E-state index in [0.29, 0.717) is 0 Å². The number of rotatable bonds is 4. The van der Waals surface area contributed by atoms with Crippen LogP contribution >= 0.6 is 11.3 Å². The summed E-state index contributed by atoms with van der Waals surface area (Å²) in [6, 6.07) is 58.6. The summed E-state index contributed by atoms with van der Waals surface area (Å²) in [7, 11) is 0. The fourth-order valence-corrected chi connectivity index (χ4v) is 9.24. The Hall–Kier alpha value is -6.36. The van der Waals surface area contributed by atoms with Crippen molar-refractivity contribution in [3.8, 4) is 45.0 Å². The van der Waals surface area contributed by atoms with Crippen LogP contribution in [0.1, 0.15) is 0 Å². The van der Waals surface area contributed by atoms with Gasteiger partial charge in [0, 0.05) is 69.5 Å². The second kappa shape index (κ2) is 10.6. The van der Waals surface area contributed by atoms with Gasteiger partial charge in [-0.1, -0.05) is 133 Å². The number of fused-ring (bicyclic) bond motifs is 9. The number of hydrogen-bond donors (Lipinski definition) is 0. The third-order valence-electron chi connectivity index (χ3n) is 10.2. The molecular weight excluding hydrogens is 627 g/mol. The number of hydrogen-bond acceptors (Lipinski definition) is 3. The Morgan fingerprint density at radius 1 is 0.440 bits per heavy atom. The molecule has 7 aromatic carbocycles. The summed E-state index contributed by atoms with van der Waals surface area (Å²) < 4.78 is 5.03. The van der Waals surface area contributed by atoms with Crippen molar-refractivity contribution < 1.29 is 0 Å². The molecule has 11 aromatic rings. The van der Waals surface area contributed by atoms with Gasteiger partial charge in [-0.2, -0.15) is 0 Å². The highest BCUT2D eigenvalue weighted by Gasteiger charge is 2.25. The number of para-hydroxylation sites is 2. The molecule has 4 heteroatoms. The molecule has 11 rings (SSSR count). The Balaban J connectivity index is 1.32. The molecule has 0 amide bonds. The van der Waals surface area contributed by atoms with E-state index >= 15 is 0 Å². The van der Waals surface area contributed by atoms with Crippen molar-refractivity contribution in [1.29, 1.82) is 0 Å². The van der Waals surface area contributed by atoms with Crippen LogP contribution in [0.2, 0.25) is 0 Å². The molecule has 4 aromatic heterocycles. The van der Waals surface area contributed by atoms with E-state index in [-0.39, 0.29) is 0 Å². The number of benzene rings is 7. The van der Waals surface area contributed by atoms with Crippen molar-refractivity contribution in [2.24, 2.45) is 0 Å². The third-order valence-corrected chi connectivity index (χ3v) is 11.4. The summed E-state index contributed by atoms with van der Waals surface area (Å²) in [6.07, 6.45) is 0. The summed E-state index contributed by atoms with van der Waals surface area (Å²) in [5.41, 5.74) is 11.0. The van der Waals surface area contributed by atoms with Crippen molar-refractivity contribution in [2.45, 2.75) is 0 Å². The van der Waals surface area contributed by atoms with Gasteiger partial charge in [0.05, 0.1) is 27.9 Å². The van der Waals surface area contributed by atoms with Crippen molar-refractivity contribution in [3.63, 3.8) is 0 Å². The number of thiophene rings is 1. The summed E-state index contributed by atoms with van der Waals surface area (Å²) in [6.45, 7) is 0. The lowest BCUT2D eigenvalue weighted by Gasteiger charge is -2.15. The van der Waals surface area contributed by atoms with Gasteiger partial charge in [0.25, 0.3) is 0 Å². The molecule has 0 fully saturated rings. The lowest BCUT2D eigenvalue weighted by atomic mass is 9.92. The van der Waals surface area contributed by atoms with E-state index in [4.69, 9.17) is 9.97 Å². The highest BCUT2D eigenvalue weighted by atomic mass is 32.1. The van der Waals surface area contributed by atoms with Gasteiger partial charge in [0.15, 0.2) is 5.82 Å². The summed E-state index contributed by atoms with van der Waals surface area (Å²) in [5.74, 6) is 0.717. The lowest BCUT2D eigenvalue weighted by molar-refractivity contribution is 1.18. The summed E-state index contributed by atoms with van der Waals surface area (Å²) >= 11 is 1.87. The SMILES string of the molecule is c1ccc(-c2cc(-c3ccccc3)nc(-c3ccc4c(c3-c3cccc5c3sc3ccccc35)c3cccc5c6ccccc6n4c53)n2)cc1. The fourth-order valence-electron chi connectivity index (χ4n) is 8.01. The van der Waals surface area contributed by atoms with E-state index < -0.39 is 0 Å².